The Kier molecular flexibility index (Phi) is 3.91. The van der Waals surface area contributed by atoms with Crippen LogP contribution in [0.2, 0.25) is 0 Å². The van der Waals surface area contributed by atoms with Crippen LogP contribution in [0.15, 0.2) is 36.6 Å². The average molecular weight is 334 g/mol. The van der Waals surface area contributed by atoms with Gasteiger partial charge >= 0.3 is 6.18 Å². The molecule has 1 aromatic heterocycles. The molecule has 0 spiro atoms. The molecule has 1 aliphatic carbocycles. The summed E-state index contributed by atoms with van der Waals surface area (Å²) in [6.07, 6.45) is 1.13. The summed E-state index contributed by atoms with van der Waals surface area (Å²) in [7, 11) is 0. The van der Waals surface area contributed by atoms with Crippen molar-refractivity contribution in [2.75, 3.05) is 0 Å². The average Bonchev–Trinajstić information content (AvgIpc) is 2.79. The molecule has 1 atom stereocenters. The molecule has 0 saturated carbocycles. The predicted octanol–water partition coefficient (Wildman–Crippen LogP) is 4.17. The maximum Gasteiger partial charge on any atom is 0.416 e. The smallest absolute Gasteiger partial charge is 0.260 e. The molecule has 21 heavy (non-hydrogen) atoms. The van der Waals surface area contributed by atoms with E-state index in [9.17, 15) is 13.2 Å². The van der Waals surface area contributed by atoms with Crippen LogP contribution in [0, 0.1) is 11.3 Å². The summed E-state index contributed by atoms with van der Waals surface area (Å²) in [5.74, 6) is 0. The first-order chi connectivity index (χ1) is 9.69. The van der Waals surface area contributed by atoms with Crippen LogP contribution in [0.25, 0.3) is 6.08 Å². The topological polar surface area (TPSA) is 41.6 Å². The molecule has 3 nitrogen and oxygen atoms in total. The van der Waals surface area contributed by atoms with Gasteiger partial charge in [0.2, 0.25) is 0 Å². The van der Waals surface area contributed by atoms with E-state index in [2.05, 4.69) is 11.7 Å². The molecule has 110 valence electrons. The molecule has 8 heteroatoms. The van der Waals surface area contributed by atoms with Gasteiger partial charge in [0.1, 0.15) is 12.1 Å². The molecule has 0 amide bonds. The van der Waals surface area contributed by atoms with Gasteiger partial charge in [-0.3, -0.25) is 4.68 Å². The predicted molar refractivity (Wildman–Crippen MR) is 73.8 cm³/mol. The minimum absolute atomic E-state index is 0.0909. The summed E-state index contributed by atoms with van der Waals surface area (Å²) >= 11 is 12.0. The first-order valence-corrected chi connectivity index (χ1v) is 6.42. The number of nitriles is 1. The van der Waals surface area contributed by atoms with Gasteiger partial charge in [-0.2, -0.15) is 23.5 Å². The maximum atomic E-state index is 12.7. The van der Waals surface area contributed by atoms with Crippen LogP contribution in [0.3, 0.4) is 0 Å². The number of nitrogens with zero attached hydrogens (tertiary/aromatic N) is 3. The van der Waals surface area contributed by atoms with Crippen LogP contribution in [-0.4, -0.2) is 20.3 Å². The summed E-state index contributed by atoms with van der Waals surface area (Å²) in [5, 5.41) is 12.9. The van der Waals surface area contributed by atoms with Crippen LogP contribution in [0.4, 0.5) is 13.2 Å². The maximum absolute atomic E-state index is 12.7. The lowest BCUT2D eigenvalue weighted by molar-refractivity contribution is -0.0888. The Balaban J connectivity index is 2.42. The highest BCUT2D eigenvalue weighted by Gasteiger charge is 2.42. The van der Waals surface area contributed by atoms with E-state index in [0.29, 0.717) is 5.56 Å². The first-order valence-electron chi connectivity index (χ1n) is 5.67. The Morgan fingerprint density at radius 1 is 1.48 bits per heavy atom. The highest BCUT2D eigenvalue weighted by Crippen LogP contribution is 2.43. The summed E-state index contributed by atoms with van der Waals surface area (Å²) in [6.45, 7) is 3.53. The van der Waals surface area contributed by atoms with Crippen LogP contribution in [0.1, 0.15) is 17.3 Å². The number of hydrogen-bond donors (Lipinski definition) is 0. The van der Waals surface area contributed by atoms with Gasteiger partial charge in [0.25, 0.3) is 0 Å². The van der Waals surface area contributed by atoms with E-state index in [4.69, 9.17) is 28.5 Å². The van der Waals surface area contributed by atoms with Gasteiger partial charge in [0, 0.05) is 11.8 Å². The Hall–Kier alpha value is -1.71. The van der Waals surface area contributed by atoms with E-state index >= 15 is 0 Å². The molecule has 0 aliphatic heterocycles. The number of allylic oxidation sites excluding steroid dienone is 4. The van der Waals surface area contributed by atoms with Crippen LogP contribution < -0.4 is 0 Å². The zero-order chi connectivity index (χ0) is 15.8. The lowest BCUT2D eigenvalue weighted by atomic mass is 10.0. The van der Waals surface area contributed by atoms with E-state index in [0.717, 1.165) is 12.2 Å². The third kappa shape index (κ3) is 2.99. The second-order valence-electron chi connectivity index (χ2n) is 4.30. The van der Waals surface area contributed by atoms with Gasteiger partial charge in [-0.05, 0) is 6.08 Å². The van der Waals surface area contributed by atoms with Gasteiger partial charge < -0.3 is 0 Å². The van der Waals surface area contributed by atoms with E-state index in [1.807, 2.05) is 6.07 Å². The lowest BCUT2D eigenvalue weighted by Gasteiger charge is -2.29. The molecule has 0 saturated heterocycles. The van der Waals surface area contributed by atoms with E-state index in [-0.39, 0.29) is 5.69 Å². The molecule has 0 bridgehead atoms. The van der Waals surface area contributed by atoms with E-state index in [1.165, 1.54) is 23.0 Å². The number of rotatable bonds is 2. The first kappa shape index (κ1) is 15.7. The fourth-order valence-corrected chi connectivity index (χ4v) is 2.47. The van der Waals surface area contributed by atoms with Crippen LogP contribution in [-0.2, 0) is 0 Å². The van der Waals surface area contributed by atoms with Gasteiger partial charge in [0.05, 0.1) is 5.57 Å². The zero-order valence-electron chi connectivity index (χ0n) is 10.4. The van der Waals surface area contributed by atoms with Gasteiger partial charge in [-0.15, -0.1) is 0 Å². The molecule has 0 radical (unpaired) electrons. The normalized spacial score (nSPS) is 20.8. The number of halogens is 5. The monoisotopic (exact) mass is 333 g/mol. The molecule has 1 aliphatic rings. The fraction of sp³-hybridized carbons (Fsp3) is 0.231. The second kappa shape index (κ2) is 5.24. The minimum Gasteiger partial charge on any atom is -0.260 e. The second-order valence-corrected chi connectivity index (χ2v) is 5.75. The molecule has 0 N–H and O–H groups in total. The molecule has 1 aromatic rings. The Bertz CT molecular complexity index is 678. The summed E-state index contributed by atoms with van der Waals surface area (Å²) in [5.41, 5.74) is -0.394. The molecular formula is C13H8Cl2F3N3. The Labute approximate surface area is 128 Å². The van der Waals surface area contributed by atoms with Crippen molar-refractivity contribution >= 4 is 29.3 Å². The number of hydrogen-bond acceptors (Lipinski definition) is 2. The van der Waals surface area contributed by atoms with Gasteiger partial charge in [-0.1, -0.05) is 48.0 Å². The largest absolute Gasteiger partial charge is 0.416 e. The molecule has 1 unspecified atom stereocenters. The molecule has 0 fully saturated rings. The molecule has 2 rings (SSSR count). The van der Waals surface area contributed by atoms with E-state index in [1.54, 1.807) is 0 Å². The Morgan fingerprint density at radius 2 is 2.14 bits per heavy atom. The van der Waals surface area contributed by atoms with Crippen molar-refractivity contribution in [2.45, 2.75) is 16.6 Å². The molecule has 0 aromatic carbocycles. The highest BCUT2D eigenvalue weighted by atomic mass is 35.5. The fourth-order valence-electron chi connectivity index (χ4n) is 1.89. The van der Waals surface area contributed by atoms with Crippen molar-refractivity contribution in [3.05, 3.63) is 47.8 Å². The summed E-state index contributed by atoms with van der Waals surface area (Å²) < 4.78 is 37.4. The number of alkyl halides is 5. The summed E-state index contributed by atoms with van der Waals surface area (Å²) in [6, 6.07) is 0.990. The number of aromatic nitrogens is 2. The Morgan fingerprint density at radius 3 is 2.57 bits per heavy atom. The SMILES string of the molecule is C=Cc1cn(C2C=CC(C(F)(F)F)=CC2(Cl)Cl)nc1C#N. The standard InChI is InChI=1S/C13H8Cl2F3N3/c1-2-8-7-21(20-10(8)6-19)11-4-3-9(13(16,17)18)5-12(11,14)15/h2-5,7,11H,1H2. The third-order valence-corrected chi connectivity index (χ3v) is 3.56. The van der Waals surface area contributed by atoms with Crippen LogP contribution >= 0.6 is 23.2 Å². The van der Waals surface area contributed by atoms with Gasteiger partial charge in [0.15, 0.2) is 10.0 Å². The van der Waals surface area contributed by atoms with Crippen molar-refractivity contribution in [3.63, 3.8) is 0 Å². The third-order valence-electron chi connectivity index (χ3n) is 2.90. The van der Waals surface area contributed by atoms with Crippen molar-refractivity contribution < 1.29 is 13.2 Å². The van der Waals surface area contributed by atoms with Crippen molar-refractivity contribution in [1.82, 2.24) is 9.78 Å². The van der Waals surface area contributed by atoms with Crippen LogP contribution in [0.5, 0.6) is 0 Å². The van der Waals surface area contributed by atoms with E-state index < -0.39 is 22.1 Å². The zero-order valence-corrected chi connectivity index (χ0v) is 11.9. The van der Waals surface area contributed by atoms with Crippen molar-refractivity contribution in [2.24, 2.45) is 0 Å². The quantitative estimate of drug-likeness (QED) is 0.762. The molecule has 1 heterocycles. The summed E-state index contributed by atoms with van der Waals surface area (Å²) in [4.78, 5) is 0. The van der Waals surface area contributed by atoms with Crippen molar-refractivity contribution in [3.8, 4) is 6.07 Å². The minimum atomic E-state index is -4.54. The molecular weight excluding hydrogens is 326 g/mol. The highest BCUT2D eigenvalue weighted by molar-refractivity contribution is 6.50. The lowest BCUT2D eigenvalue weighted by Crippen LogP contribution is -2.30. The van der Waals surface area contributed by atoms with Crippen molar-refractivity contribution in [1.29, 1.82) is 5.26 Å². The van der Waals surface area contributed by atoms with Gasteiger partial charge in [-0.25, -0.2) is 0 Å².